The van der Waals surface area contributed by atoms with Gasteiger partial charge in [-0.2, -0.15) is 0 Å². The van der Waals surface area contributed by atoms with Crippen LogP contribution >= 0.6 is 11.6 Å². The Morgan fingerprint density at radius 1 is 1.15 bits per heavy atom. The number of hydrogen-bond acceptors (Lipinski definition) is 6. The van der Waals surface area contributed by atoms with E-state index in [1.54, 1.807) is 24.3 Å². The predicted octanol–water partition coefficient (Wildman–Crippen LogP) is 4.08. The van der Waals surface area contributed by atoms with Crippen LogP contribution in [0.5, 0.6) is 5.75 Å². The van der Waals surface area contributed by atoms with E-state index >= 15 is 0 Å². The van der Waals surface area contributed by atoms with Crippen molar-refractivity contribution in [2.45, 2.75) is 13.0 Å². The van der Waals surface area contributed by atoms with Gasteiger partial charge in [-0.05, 0) is 67.1 Å². The maximum absolute atomic E-state index is 12.4. The van der Waals surface area contributed by atoms with Gasteiger partial charge in [-0.15, -0.1) is 0 Å². The number of esters is 1. The van der Waals surface area contributed by atoms with E-state index in [0.717, 1.165) is 35.7 Å². The molecule has 2 aromatic rings. The normalized spacial score (nSPS) is 16.4. The lowest BCUT2D eigenvalue weighted by Gasteiger charge is -2.28. The lowest BCUT2D eigenvalue weighted by atomic mass is 10.1. The highest BCUT2D eigenvalue weighted by atomic mass is 35.5. The largest absolute Gasteiger partial charge is 0.488 e. The molecule has 0 saturated carbocycles. The number of fused-ring (bicyclic) bond motifs is 1. The zero-order chi connectivity index (χ0) is 23.2. The highest BCUT2D eigenvalue weighted by molar-refractivity contribution is 6.30. The molecular formula is C25H25ClN2O5. The maximum atomic E-state index is 12.4. The van der Waals surface area contributed by atoms with E-state index in [1.807, 2.05) is 30.3 Å². The van der Waals surface area contributed by atoms with E-state index < -0.39 is 18.0 Å². The Morgan fingerprint density at radius 3 is 2.67 bits per heavy atom. The molecule has 0 radical (unpaired) electrons. The summed E-state index contributed by atoms with van der Waals surface area (Å²) in [6.07, 6.45) is 3.84. The number of hydrogen-bond donors (Lipinski definition) is 1. The van der Waals surface area contributed by atoms with E-state index in [0.29, 0.717) is 30.5 Å². The van der Waals surface area contributed by atoms with E-state index in [9.17, 15) is 9.59 Å². The van der Waals surface area contributed by atoms with Gasteiger partial charge in [0.25, 0.3) is 5.91 Å². The molecule has 2 aliphatic rings. The average molecular weight is 469 g/mol. The molecule has 0 bridgehead atoms. The molecule has 33 heavy (non-hydrogen) atoms. The van der Waals surface area contributed by atoms with Gasteiger partial charge in [0.15, 0.2) is 6.10 Å². The molecule has 1 atom stereocenters. The Hall–Kier alpha value is -3.29. The minimum Gasteiger partial charge on any atom is -0.488 e. The fourth-order valence-electron chi connectivity index (χ4n) is 3.53. The molecule has 1 unspecified atom stereocenters. The SMILES string of the molecule is CC(OC(=O)C=CC1=Cc2cc(Cl)ccc2OC1)C(=O)Nc1ccc(N2CCOCC2)cc1. The third-order valence-electron chi connectivity index (χ3n) is 5.31. The molecule has 0 spiro atoms. The molecule has 1 N–H and O–H groups in total. The monoisotopic (exact) mass is 468 g/mol. The van der Waals surface area contributed by atoms with Crippen molar-refractivity contribution in [3.63, 3.8) is 0 Å². The zero-order valence-corrected chi connectivity index (χ0v) is 19.0. The van der Waals surface area contributed by atoms with Crippen molar-refractivity contribution in [3.05, 3.63) is 70.8 Å². The summed E-state index contributed by atoms with van der Waals surface area (Å²) in [7, 11) is 0. The smallest absolute Gasteiger partial charge is 0.331 e. The summed E-state index contributed by atoms with van der Waals surface area (Å²) < 4.78 is 16.3. The van der Waals surface area contributed by atoms with Crippen LogP contribution in [-0.2, 0) is 19.1 Å². The van der Waals surface area contributed by atoms with E-state index in [-0.39, 0.29) is 0 Å². The fraction of sp³-hybridized carbons (Fsp3) is 0.280. The molecule has 1 fully saturated rings. The molecule has 2 aromatic carbocycles. The van der Waals surface area contributed by atoms with E-state index in [2.05, 4.69) is 10.2 Å². The molecule has 1 amide bonds. The average Bonchev–Trinajstić information content (AvgIpc) is 2.83. The Bertz CT molecular complexity index is 1070. The van der Waals surface area contributed by atoms with Crippen LogP contribution in [-0.4, -0.2) is 50.9 Å². The first-order chi connectivity index (χ1) is 16.0. The van der Waals surface area contributed by atoms with Crippen LogP contribution in [0.1, 0.15) is 12.5 Å². The quantitative estimate of drug-likeness (QED) is 0.508. The van der Waals surface area contributed by atoms with Gasteiger partial charge in [0.05, 0.1) is 13.2 Å². The topological polar surface area (TPSA) is 77.1 Å². The van der Waals surface area contributed by atoms with Gasteiger partial charge in [-0.3, -0.25) is 4.79 Å². The highest BCUT2D eigenvalue weighted by Gasteiger charge is 2.18. The fourth-order valence-corrected chi connectivity index (χ4v) is 3.71. The first-order valence-corrected chi connectivity index (χ1v) is 11.1. The number of rotatable bonds is 6. The van der Waals surface area contributed by atoms with Crippen molar-refractivity contribution in [2.24, 2.45) is 0 Å². The van der Waals surface area contributed by atoms with Crippen molar-refractivity contribution >= 4 is 40.9 Å². The van der Waals surface area contributed by atoms with Crippen LogP contribution < -0.4 is 15.0 Å². The minimum absolute atomic E-state index is 0.328. The number of halogens is 1. The maximum Gasteiger partial charge on any atom is 0.331 e. The number of nitrogens with zero attached hydrogens (tertiary/aromatic N) is 1. The lowest BCUT2D eigenvalue weighted by molar-refractivity contribution is -0.148. The Morgan fingerprint density at radius 2 is 1.91 bits per heavy atom. The molecule has 2 aliphatic heterocycles. The van der Waals surface area contributed by atoms with Crippen LogP contribution in [0.4, 0.5) is 11.4 Å². The standard InChI is InChI=1S/C25H25ClN2O5/c1-17(25(30)27-21-4-6-22(7-5-21)28-10-12-31-13-11-28)33-24(29)9-2-18-14-19-15-20(26)3-8-23(19)32-16-18/h2-9,14-15,17H,10-13,16H2,1H3,(H,27,30). The second kappa shape index (κ2) is 10.6. The Kier molecular flexibility index (Phi) is 7.32. The van der Waals surface area contributed by atoms with Crippen molar-refractivity contribution < 1.29 is 23.8 Å². The van der Waals surface area contributed by atoms with Crippen LogP contribution in [0, 0.1) is 0 Å². The second-order valence-corrected chi connectivity index (χ2v) is 8.17. The van der Waals surface area contributed by atoms with Crippen LogP contribution in [0.25, 0.3) is 6.08 Å². The number of amides is 1. The first-order valence-electron chi connectivity index (χ1n) is 10.7. The van der Waals surface area contributed by atoms with Gasteiger partial charge in [0.2, 0.25) is 0 Å². The number of anilines is 2. The molecule has 0 aromatic heterocycles. The molecule has 2 heterocycles. The van der Waals surface area contributed by atoms with Crippen molar-refractivity contribution in [1.29, 1.82) is 0 Å². The summed E-state index contributed by atoms with van der Waals surface area (Å²) in [5, 5.41) is 3.38. The number of carbonyl (C=O) groups excluding carboxylic acids is 2. The van der Waals surface area contributed by atoms with Crippen LogP contribution in [0.15, 0.2) is 60.2 Å². The van der Waals surface area contributed by atoms with Gasteiger partial charge in [0, 0.05) is 41.1 Å². The first kappa shape index (κ1) is 22.9. The van der Waals surface area contributed by atoms with Gasteiger partial charge in [-0.1, -0.05) is 11.6 Å². The molecule has 8 heteroatoms. The van der Waals surface area contributed by atoms with Crippen molar-refractivity contribution in [3.8, 4) is 5.75 Å². The number of benzene rings is 2. The summed E-state index contributed by atoms with van der Waals surface area (Å²) in [5.74, 6) is -0.278. The summed E-state index contributed by atoms with van der Waals surface area (Å²) in [5.41, 5.74) is 3.34. The molecule has 172 valence electrons. The van der Waals surface area contributed by atoms with Gasteiger partial charge >= 0.3 is 5.97 Å². The number of ether oxygens (including phenoxy) is 3. The van der Waals surface area contributed by atoms with E-state index in [4.69, 9.17) is 25.8 Å². The van der Waals surface area contributed by atoms with Gasteiger partial charge in [0.1, 0.15) is 12.4 Å². The van der Waals surface area contributed by atoms with Gasteiger partial charge in [-0.25, -0.2) is 4.79 Å². The second-order valence-electron chi connectivity index (χ2n) is 7.74. The number of morpholine rings is 1. The highest BCUT2D eigenvalue weighted by Crippen LogP contribution is 2.29. The predicted molar refractivity (Wildman–Crippen MR) is 128 cm³/mol. The third kappa shape index (κ3) is 6.15. The van der Waals surface area contributed by atoms with Crippen LogP contribution in [0.2, 0.25) is 5.02 Å². The lowest BCUT2D eigenvalue weighted by Crippen LogP contribution is -2.36. The summed E-state index contributed by atoms with van der Waals surface area (Å²) in [4.78, 5) is 26.8. The molecule has 1 saturated heterocycles. The Balaban J connectivity index is 1.28. The summed E-state index contributed by atoms with van der Waals surface area (Å²) >= 11 is 6.02. The summed E-state index contributed by atoms with van der Waals surface area (Å²) in [6, 6.07) is 12.9. The van der Waals surface area contributed by atoms with E-state index in [1.165, 1.54) is 13.0 Å². The third-order valence-corrected chi connectivity index (χ3v) is 5.55. The zero-order valence-electron chi connectivity index (χ0n) is 18.3. The van der Waals surface area contributed by atoms with Crippen molar-refractivity contribution in [1.82, 2.24) is 0 Å². The van der Waals surface area contributed by atoms with Crippen LogP contribution in [0.3, 0.4) is 0 Å². The number of carbonyl (C=O) groups is 2. The molecule has 4 rings (SSSR count). The Labute approximate surface area is 197 Å². The van der Waals surface area contributed by atoms with Gasteiger partial charge < -0.3 is 24.4 Å². The molecule has 7 nitrogen and oxygen atoms in total. The minimum atomic E-state index is -0.947. The van der Waals surface area contributed by atoms with Crippen molar-refractivity contribution in [2.75, 3.05) is 43.1 Å². The summed E-state index contributed by atoms with van der Waals surface area (Å²) in [6.45, 7) is 4.97. The number of nitrogens with one attached hydrogen (secondary N) is 1. The molecular weight excluding hydrogens is 444 g/mol. The molecule has 0 aliphatic carbocycles.